The summed E-state index contributed by atoms with van der Waals surface area (Å²) in [5.74, 6) is -1.24. The van der Waals surface area contributed by atoms with Crippen LogP contribution in [0.4, 0.5) is 0 Å². The Balaban J connectivity index is 0.00000200. The number of thioether (sulfide) groups is 1. The van der Waals surface area contributed by atoms with Crippen molar-refractivity contribution in [1.29, 1.82) is 0 Å². The van der Waals surface area contributed by atoms with Gasteiger partial charge in [-0.3, -0.25) is 0 Å². The number of carboxylic acids is 1. The molecule has 2 aromatic rings. The monoisotopic (exact) mass is 311 g/mol. The van der Waals surface area contributed by atoms with Crippen molar-refractivity contribution in [2.75, 3.05) is 0 Å². The summed E-state index contributed by atoms with van der Waals surface area (Å²) >= 11 is 1.24. The quantitative estimate of drug-likeness (QED) is 0.831. The summed E-state index contributed by atoms with van der Waals surface area (Å²) in [6.45, 7) is 0. The third kappa shape index (κ3) is 4.23. The van der Waals surface area contributed by atoms with Crippen molar-refractivity contribution in [2.45, 2.75) is 16.4 Å². The summed E-state index contributed by atoms with van der Waals surface area (Å²) in [7, 11) is 0. The Morgan fingerprint density at radius 3 is 2.30 bits per heavy atom. The van der Waals surface area contributed by atoms with E-state index in [0.29, 0.717) is 5.03 Å². The number of rotatable bonds is 5. The number of benzene rings is 1. The summed E-state index contributed by atoms with van der Waals surface area (Å²) in [6.07, 6.45) is 0.159. The molecule has 106 valence electrons. The lowest BCUT2D eigenvalue weighted by molar-refractivity contribution is -0.146. The Morgan fingerprint density at radius 2 is 1.75 bits per heavy atom. The van der Waals surface area contributed by atoms with E-state index in [-0.39, 0.29) is 12.4 Å². The number of aliphatic hydroxyl groups excluding tert-OH is 1. The van der Waals surface area contributed by atoms with Gasteiger partial charge in [0.05, 0.1) is 10.3 Å². The maximum absolute atomic E-state index is 11.0. The molecule has 2 N–H and O–H groups in total. The van der Waals surface area contributed by atoms with Gasteiger partial charge in [0.15, 0.2) is 6.10 Å². The van der Waals surface area contributed by atoms with E-state index in [1.54, 1.807) is 30.5 Å². The Morgan fingerprint density at radius 1 is 1.10 bits per heavy atom. The van der Waals surface area contributed by atoms with Gasteiger partial charge in [-0.15, -0.1) is 12.4 Å². The van der Waals surface area contributed by atoms with Crippen molar-refractivity contribution in [3.63, 3.8) is 0 Å². The summed E-state index contributed by atoms with van der Waals surface area (Å²) in [5, 5.41) is 18.9. The minimum absolute atomic E-state index is 0. The molecule has 0 saturated carbocycles. The zero-order valence-corrected chi connectivity index (χ0v) is 12.1. The molecule has 1 aromatic carbocycles. The highest BCUT2D eigenvalue weighted by Gasteiger charge is 2.28. The molecule has 0 fully saturated rings. The first kappa shape index (κ1) is 16.5. The van der Waals surface area contributed by atoms with E-state index in [2.05, 4.69) is 4.98 Å². The zero-order chi connectivity index (χ0) is 13.7. The number of pyridine rings is 1. The third-order valence-electron chi connectivity index (χ3n) is 2.55. The molecule has 0 aliphatic carbocycles. The number of halogens is 1. The molecule has 0 aliphatic heterocycles. The van der Waals surface area contributed by atoms with Crippen LogP contribution < -0.4 is 0 Å². The number of nitrogens with zero attached hydrogens (tertiary/aromatic N) is 1. The number of aromatic nitrogens is 1. The van der Waals surface area contributed by atoms with Crippen LogP contribution in [0.1, 0.15) is 10.8 Å². The van der Waals surface area contributed by atoms with Gasteiger partial charge in [0, 0.05) is 6.20 Å². The van der Waals surface area contributed by atoms with Crippen LogP contribution in [0.2, 0.25) is 0 Å². The Hall–Kier alpha value is -1.56. The van der Waals surface area contributed by atoms with E-state index in [4.69, 9.17) is 5.11 Å². The number of hydrogen-bond donors (Lipinski definition) is 2. The van der Waals surface area contributed by atoms with E-state index >= 15 is 0 Å². The first-order valence-corrected chi connectivity index (χ1v) is 6.60. The normalized spacial score (nSPS) is 13.1. The number of aliphatic carboxylic acids is 1. The maximum atomic E-state index is 11.0. The lowest BCUT2D eigenvalue weighted by Crippen LogP contribution is -2.25. The summed E-state index contributed by atoms with van der Waals surface area (Å²) in [5.41, 5.74) is 0.757. The highest BCUT2D eigenvalue weighted by Crippen LogP contribution is 2.36. The smallest absolute Gasteiger partial charge is 0.334 e. The predicted octanol–water partition coefficient (Wildman–Crippen LogP) is 2.78. The molecule has 0 amide bonds. The van der Waals surface area contributed by atoms with Gasteiger partial charge in [-0.25, -0.2) is 9.78 Å². The third-order valence-corrected chi connectivity index (χ3v) is 3.82. The molecule has 0 spiro atoms. The van der Waals surface area contributed by atoms with Crippen LogP contribution in [-0.4, -0.2) is 27.3 Å². The van der Waals surface area contributed by atoms with Gasteiger partial charge in [-0.2, -0.15) is 0 Å². The van der Waals surface area contributed by atoms with Crippen molar-refractivity contribution in [3.05, 3.63) is 60.3 Å². The highest BCUT2D eigenvalue weighted by molar-refractivity contribution is 7.99. The van der Waals surface area contributed by atoms with Crippen LogP contribution >= 0.6 is 24.2 Å². The molecule has 0 saturated heterocycles. The van der Waals surface area contributed by atoms with Gasteiger partial charge in [0.1, 0.15) is 0 Å². The van der Waals surface area contributed by atoms with Crippen molar-refractivity contribution in [1.82, 2.24) is 4.98 Å². The Bertz CT molecular complexity index is 539. The van der Waals surface area contributed by atoms with Crippen LogP contribution in [0.25, 0.3) is 0 Å². The fourth-order valence-corrected chi connectivity index (χ4v) is 2.71. The fraction of sp³-hybridized carbons (Fsp3) is 0.143. The lowest BCUT2D eigenvalue weighted by atomic mass is 10.1. The minimum atomic E-state index is -1.48. The van der Waals surface area contributed by atoms with Gasteiger partial charge in [0.25, 0.3) is 0 Å². The van der Waals surface area contributed by atoms with Crippen molar-refractivity contribution in [2.24, 2.45) is 0 Å². The van der Waals surface area contributed by atoms with Crippen LogP contribution in [-0.2, 0) is 4.79 Å². The van der Waals surface area contributed by atoms with Gasteiger partial charge < -0.3 is 10.2 Å². The number of carbonyl (C=O) groups is 1. The predicted molar refractivity (Wildman–Crippen MR) is 80.2 cm³/mol. The minimum Gasteiger partial charge on any atom is -0.479 e. The topological polar surface area (TPSA) is 70.4 Å². The molecule has 20 heavy (non-hydrogen) atoms. The van der Waals surface area contributed by atoms with Crippen LogP contribution in [0.5, 0.6) is 0 Å². The van der Waals surface area contributed by atoms with Crippen LogP contribution in [0, 0.1) is 0 Å². The molecular weight excluding hydrogens is 298 g/mol. The van der Waals surface area contributed by atoms with Gasteiger partial charge >= 0.3 is 5.97 Å². The Kier molecular flexibility index (Phi) is 6.51. The van der Waals surface area contributed by atoms with Gasteiger partial charge in [-0.1, -0.05) is 48.2 Å². The molecule has 2 rings (SSSR count). The SMILES string of the molecule is Cl.O=C(O)C(O)C(Sc1ccccn1)c1ccccc1. The van der Waals surface area contributed by atoms with E-state index in [1.807, 2.05) is 24.3 Å². The number of carboxylic acid groups (broad SMARTS) is 1. The summed E-state index contributed by atoms with van der Waals surface area (Å²) in [6, 6.07) is 14.5. The molecule has 0 aliphatic rings. The molecule has 0 radical (unpaired) electrons. The lowest BCUT2D eigenvalue weighted by Gasteiger charge is -2.19. The molecular formula is C14H14ClNO3S. The largest absolute Gasteiger partial charge is 0.479 e. The van der Waals surface area contributed by atoms with E-state index in [0.717, 1.165) is 5.56 Å². The van der Waals surface area contributed by atoms with Crippen LogP contribution in [0.15, 0.2) is 59.8 Å². The van der Waals surface area contributed by atoms with Gasteiger partial charge in [0.2, 0.25) is 0 Å². The average molecular weight is 312 g/mol. The Labute approximate surface area is 127 Å². The average Bonchev–Trinajstić information content (AvgIpc) is 2.46. The first-order chi connectivity index (χ1) is 9.18. The molecule has 2 unspecified atom stereocenters. The number of aliphatic hydroxyl groups is 1. The van der Waals surface area contributed by atoms with E-state index in [9.17, 15) is 9.90 Å². The van der Waals surface area contributed by atoms with Crippen LogP contribution in [0.3, 0.4) is 0 Å². The molecule has 1 heterocycles. The molecule has 1 aromatic heterocycles. The highest BCUT2D eigenvalue weighted by atomic mass is 35.5. The molecule has 6 heteroatoms. The molecule has 4 nitrogen and oxygen atoms in total. The first-order valence-electron chi connectivity index (χ1n) is 5.72. The second-order valence-electron chi connectivity index (χ2n) is 3.90. The van der Waals surface area contributed by atoms with Gasteiger partial charge in [-0.05, 0) is 17.7 Å². The van der Waals surface area contributed by atoms with E-state index < -0.39 is 17.3 Å². The molecule has 2 atom stereocenters. The molecule has 0 bridgehead atoms. The van der Waals surface area contributed by atoms with Crippen molar-refractivity contribution >= 4 is 30.1 Å². The maximum Gasteiger partial charge on any atom is 0.334 e. The standard InChI is InChI=1S/C14H13NO3S.ClH/c16-12(14(17)18)13(10-6-2-1-3-7-10)19-11-8-4-5-9-15-11;/h1-9,12-13,16H,(H,17,18);1H. The number of hydrogen-bond acceptors (Lipinski definition) is 4. The van der Waals surface area contributed by atoms with E-state index in [1.165, 1.54) is 11.8 Å². The summed E-state index contributed by atoms with van der Waals surface area (Å²) in [4.78, 5) is 15.2. The second-order valence-corrected chi connectivity index (χ2v) is 5.06. The van der Waals surface area contributed by atoms with Crippen molar-refractivity contribution < 1.29 is 15.0 Å². The zero-order valence-electron chi connectivity index (χ0n) is 10.4. The fourth-order valence-electron chi connectivity index (χ4n) is 1.63. The second kappa shape index (κ2) is 7.89. The van der Waals surface area contributed by atoms with Crippen molar-refractivity contribution in [3.8, 4) is 0 Å². The summed E-state index contributed by atoms with van der Waals surface area (Å²) < 4.78 is 0.